The lowest BCUT2D eigenvalue weighted by atomic mass is 10.1. The Labute approximate surface area is 133 Å². The molecule has 4 heteroatoms. The van der Waals surface area contributed by atoms with Crippen LogP contribution in [0.4, 0.5) is 0 Å². The number of aromatic nitrogens is 1. The van der Waals surface area contributed by atoms with Crippen molar-refractivity contribution in [2.45, 2.75) is 32.4 Å². The first-order valence-electron chi connectivity index (χ1n) is 7.11. The average molecular weight is 345 g/mol. The molecule has 1 aliphatic rings. The van der Waals surface area contributed by atoms with Gasteiger partial charge in [0.05, 0.1) is 0 Å². The minimum atomic E-state index is 0.0853. The van der Waals surface area contributed by atoms with Gasteiger partial charge >= 0.3 is 0 Å². The largest absolute Gasteiger partial charge is 0.331 e. The quantitative estimate of drug-likeness (QED) is 0.786. The number of hydrogen-bond acceptors (Lipinski definition) is 2. The van der Waals surface area contributed by atoms with E-state index in [2.05, 4.69) is 46.0 Å². The predicted octanol–water partition coefficient (Wildman–Crippen LogP) is 3.96. The molecule has 3 nitrogen and oxygen atoms in total. The Morgan fingerprint density at radius 3 is 2.81 bits per heavy atom. The molecule has 3 rings (SSSR count). The number of halogens is 1. The van der Waals surface area contributed by atoms with E-state index >= 15 is 0 Å². The topological polar surface area (TPSA) is 33.2 Å². The van der Waals surface area contributed by atoms with E-state index in [1.165, 1.54) is 11.1 Å². The Balaban J connectivity index is 1.83. The summed E-state index contributed by atoms with van der Waals surface area (Å²) < 4.78 is 0.694. The Morgan fingerprint density at radius 1 is 1.33 bits per heavy atom. The van der Waals surface area contributed by atoms with Gasteiger partial charge in [0.2, 0.25) is 0 Å². The van der Waals surface area contributed by atoms with Gasteiger partial charge in [0, 0.05) is 24.3 Å². The Bertz CT molecular complexity index is 667. The van der Waals surface area contributed by atoms with E-state index in [1.807, 2.05) is 11.0 Å². The number of benzene rings is 1. The smallest absolute Gasteiger partial charge is 0.254 e. The van der Waals surface area contributed by atoms with Crippen LogP contribution in [0.25, 0.3) is 0 Å². The van der Waals surface area contributed by atoms with Gasteiger partial charge in [0.25, 0.3) is 5.91 Å². The molecule has 108 valence electrons. The maximum atomic E-state index is 12.7. The van der Waals surface area contributed by atoms with Crippen molar-refractivity contribution in [1.82, 2.24) is 9.88 Å². The molecule has 0 spiro atoms. The van der Waals surface area contributed by atoms with Crippen molar-refractivity contribution < 1.29 is 4.79 Å². The third-order valence-electron chi connectivity index (χ3n) is 3.66. The second-order valence-electron chi connectivity index (χ2n) is 5.52. The number of pyridine rings is 1. The third kappa shape index (κ3) is 3.50. The van der Waals surface area contributed by atoms with Crippen LogP contribution in [0.5, 0.6) is 0 Å². The number of hydrogen-bond donors (Lipinski definition) is 0. The van der Waals surface area contributed by atoms with Gasteiger partial charge in [-0.3, -0.25) is 4.79 Å². The fourth-order valence-electron chi connectivity index (χ4n) is 2.46. The number of rotatable bonds is 4. The average Bonchev–Trinajstić information content (AvgIpc) is 3.29. The molecule has 0 radical (unpaired) electrons. The van der Waals surface area contributed by atoms with Crippen LogP contribution in [-0.2, 0) is 6.54 Å². The maximum Gasteiger partial charge on any atom is 0.254 e. The zero-order valence-electron chi connectivity index (χ0n) is 11.9. The van der Waals surface area contributed by atoms with Gasteiger partial charge in [0.15, 0.2) is 0 Å². The molecular weight excluding hydrogens is 328 g/mol. The molecule has 2 aromatic rings. The van der Waals surface area contributed by atoms with E-state index in [0.717, 1.165) is 12.8 Å². The molecule has 1 heterocycles. The molecule has 1 amide bonds. The van der Waals surface area contributed by atoms with Crippen molar-refractivity contribution in [2.24, 2.45) is 0 Å². The molecule has 0 N–H and O–H groups in total. The molecule has 0 bridgehead atoms. The SMILES string of the molecule is Cc1cccc(CN(C(=O)c2ccnc(Br)c2)C2CC2)c1. The minimum Gasteiger partial charge on any atom is -0.331 e. The molecule has 1 aromatic carbocycles. The van der Waals surface area contributed by atoms with Crippen LogP contribution in [0.3, 0.4) is 0 Å². The summed E-state index contributed by atoms with van der Waals surface area (Å²) in [6.45, 7) is 2.75. The molecule has 1 saturated carbocycles. The molecule has 21 heavy (non-hydrogen) atoms. The highest BCUT2D eigenvalue weighted by atomic mass is 79.9. The summed E-state index contributed by atoms with van der Waals surface area (Å²) in [6.07, 6.45) is 3.86. The number of aryl methyl sites for hydroxylation is 1. The molecule has 0 unspecified atom stereocenters. The van der Waals surface area contributed by atoms with E-state index in [4.69, 9.17) is 0 Å². The van der Waals surface area contributed by atoms with E-state index in [0.29, 0.717) is 22.8 Å². The predicted molar refractivity (Wildman–Crippen MR) is 86.0 cm³/mol. The molecule has 0 saturated heterocycles. The molecule has 1 aliphatic carbocycles. The standard InChI is InChI=1S/C17H17BrN2O/c1-12-3-2-4-13(9-12)11-20(15-5-6-15)17(21)14-7-8-19-16(18)10-14/h2-4,7-10,15H,5-6,11H2,1H3. The monoisotopic (exact) mass is 344 g/mol. The van der Waals surface area contributed by atoms with E-state index in [9.17, 15) is 4.79 Å². The summed E-state index contributed by atoms with van der Waals surface area (Å²) in [7, 11) is 0. The van der Waals surface area contributed by atoms with Crippen molar-refractivity contribution in [2.75, 3.05) is 0 Å². The third-order valence-corrected chi connectivity index (χ3v) is 4.09. The second kappa shape index (κ2) is 5.98. The Morgan fingerprint density at radius 2 is 2.14 bits per heavy atom. The summed E-state index contributed by atoms with van der Waals surface area (Å²) in [4.78, 5) is 18.8. The lowest BCUT2D eigenvalue weighted by Gasteiger charge is -2.23. The molecule has 0 atom stereocenters. The lowest BCUT2D eigenvalue weighted by molar-refractivity contribution is 0.0729. The van der Waals surface area contributed by atoms with Crippen LogP contribution >= 0.6 is 15.9 Å². The first-order valence-corrected chi connectivity index (χ1v) is 7.91. The summed E-state index contributed by atoms with van der Waals surface area (Å²) in [5.41, 5.74) is 3.10. The van der Waals surface area contributed by atoms with Gasteiger partial charge in [-0.25, -0.2) is 4.98 Å². The van der Waals surface area contributed by atoms with E-state index < -0.39 is 0 Å². The van der Waals surface area contributed by atoms with Crippen LogP contribution in [0, 0.1) is 6.92 Å². The van der Waals surface area contributed by atoms with Gasteiger partial charge in [-0.1, -0.05) is 29.8 Å². The van der Waals surface area contributed by atoms with Crippen LogP contribution in [0.1, 0.15) is 34.3 Å². The van der Waals surface area contributed by atoms with Gasteiger partial charge in [-0.2, -0.15) is 0 Å². The van der Waals surface area contributed by atoms with E-state index in [-0.39, 0.29) is 5.91 Å². The first-order chi connectivity index (χ1) is 10.1. The van der Waals surface area contributed by atoms with Crippen molar-refractivity contribution in [3.05, 3.63) is 63.9 Å². The molecule has 1 aromatic heterocycles. The van der Waals surface area contributed by atoms with Crippen molar-refractivity contribution >= 4 is 21.8 Å². The molecule has 0 aliphatic heterocycles. The Hall–Kier alpha value is -1.68. The van der Waals surface area contributed by atoms with Crippen LogP contribution in [-0.4, -0.2) is 21.8 Å². The highest BCUT2D eigenvalue weighted by Crippen LogP contribution is 2.30. The number of carbonyl (C=O) groups excluding carboxylic acids is 1. The number of nitrogens with zero attached hydrogens (tertiary/aromatic N) is 2. The van der Waals surface area contributed by atoms with Crippen molar-refractivity contribution in [1.29, 1.82) is 0 Å². The first kappa shape index (κ1) is 14.3. The van der Waals surface area contributed by atoms with Crippen molar-refractivity contribution in [3.63, 3.8) is 0 Å². The fraction of sp³-hybridized carbons (Fsp3) is 0.294. The summed E-state index contributed by atoms with van der Waals surface area (Å²) in [6, 6.07) is 12.3. The normalized spacial score (nSPS) is 14.0. The van der Waals surface area contributed by atoms with Gasteiger partial charge in [-0.05, 0) is 53.4 Å². The summed E-state index contributed by atoms with van der Waals surface area (Å²) in [5.74, 6) is 0.0853. The highest BCUT2D eigenvalue weighted by molar-refractivity contribution is 9.10. The van der Waals surface area contributed by atoms with Crippen LogP contribution in [0.2, 0.25) is 0 Å². The van der Waals surface area contributed by atoms with Gasteiger partial charge in [-0.15, -0.1) is 0 Å². The zero-order chi connectivity index (χ0) is 14.8. The van der Waals surface area contributed by atoms with Gasteiger partial charge < -0.3 is 4.90 Å². The van der Waals surface area contributed by atoms with E-state index in [1.54, 1.807) is 18.3 Å². The Kier molecular flexibility index (Phi) is 4.06. The lowest BCUT2D eigenvalue weighted by Crippen LogP contribution is -2.32. The minimum absolute atomic E-state index is 0.0853. The highest BCUT2D eigenvalue weighted by Gasteiger charge is 2.33. The second-order valence-corrected chi connectivity index (χ2v) is 6.33. The fourth-order valence-corrected chi connectivity index (χ4v) is 2.83. The van der Waals surface area contributed by atoms with Gasteiger partial charge in [0.1, 0.15) is 4.60 Å². The number of carbonyl (C=O) groups is 1. The summed E-state index contributed by atoms with van der Waals surface area (Å²) in [5, 5.41) is 0. The zero-order valence-corrected chi connectivity index (χ0v) is 13.5. The maximum absolute atomic E-state index is 12.7. The molecule has 1 fully saturated rings. The number of amides is 1. The van der Waals surface area contributed by atoms with Crippen LogP contribution < -0.4 is 0 Å². The molecular formula is C17H17BrN2O. The van der Waals surface area contributed by atoms with Crippen molar-refractivity contribution in [3.8, 4) is 0 Å². The van der Waals surface area contributed by atoms with Crippen LogP contribution in [0.15, 0.2) is 47.2 Å². The summed E-state index contributed by atoms with van der Waals surface area (Å²) >= 11 is 3.33.